The number of Topliss-reactive ketones (excluding diaryl/α,β-unsaturated/α-hetero) is 1. The monoisotopic (exact) mass is 250 g/mol. The topological polar surface area (TPSA) is 37.3 Å². The van der Waals surface area contributed by atoms with E-state index < -0.39 is 0 Å². The van der Waals surface area contributed by atoms with Crippen LogP contribution in [0.2, 0.25) is 0 Å². The molecular weight excluding hydrogens is 236 g/mol. The van der Waals surface area contributed by atoms with Gasteiger partial charge in [-0.2, -0.15) is 0 Å². The molecule has 0 saturated carbocycles. The van der Waals surface area contributed by atoms with Gasteiger partial charge in [0, 0.05) is 11.0 Å². The van der Waals surface area contributed by atoms with Gasteiger partial charge < -0.3 is 5.11 Å². The Morgan fingerprint density at radius 1 is 0.895 bits per heavy atom. The molecule has 1 spiro atoms. The molecule has 0 aliphatic heterocycles. The molecule has 19 heavy (non-hydrogen) atoms. The second-order valence-electron chi connectivity index (χ2n) is 5.75. The second kappa shape index (κ2) is 3.47. The lowest BCUT2D eigenvalue weighted by Gasteiger charge is -2.20. The van der Waals surface area contributed by atoms with Gasteiger partial charge in [0.1, 0.15) is 5.75 Å². The van der Waals surface area contributed by atoms with Gasteiger partial charge in [-0.3, -0.25) is 4.79 Å². The van der Waals surface area contributed by atoms with E-state index in [1.165, 1.54) is 11.1 Å². The molecule has 2 aromatic rings. The van der Waals surface area contributed by atoms with Crippen molar-refractivity contribution in [2.75, 3.05) is 0 Å². The summed E-state index contributed by atoms with van der Waals surface area (Å²) in [6.07, 6.45) is 2.42. The van der Waals surface area contributed by atoms with Crippen LogP contribution in [0.1, 0.15) is 27.0 Å². The molecule has 0 fully saturated rings. The molecular formula is C17H14O2. The molecule has 0 bridgehead atoms. The van der Waals surface area contributed by atoms with Crippen LogP contribution >= 0.6 is 0 Å². The Kier molecular flexibility index (Phi) is 1.97. The molecule has 0 atom stereocenters. The maximum absolute atomic E-state index is 12.7. The van der Waals surface area contributed by atoms with Crippen molar-refractivity contribution < 1.29 is 9.90 Å². The van der Waals surface area contributed by atoms with Crippen molar-refractivity contribution in [1.29, 1.82) is 0 Å². The first-order valence-corrected chi connectivity index (χ1v) is 6.61. The summed E-state index contributed by atoms with van der Waals surface area (Å²) >= 11 is 0. The van der Waals surface area contributed by atoms with Crippen molar-refractivity contribution in [3.8, 4) is 5.75 Å². The highest BCUT2D eigenvalue weighted by molar-refractivity contribution is 6.05. The van der Waals surface area contributed by atoms with Gasteiger partial charge in [0.05, 0.1) is 0 Å². The van der Waals surface area contributed by atoms with E-state index in [-0.39, 0.29) is 16.9 Å². The van der Waals surface area contributed by atoms with E-state index in [0.717, 1.165) is 30.4 Å². The predicted octanol–water partition coefficient (Wildman–Crippen LogP) is 2.92. The number of hydrogen-bond donors (Lipinski definition) is 1. The van der Waals surface area contributed by atoms with Crippen LogP contribution < -0.4 is 0 Å². The van der Waals surface area contributed by atoms with E-state index in [9.17, 15) is 9.90 Å². The van der Waals surface area contributed by atoms with Gasteiger partial charge in [-0.05, 0) is 54.2 Å². The van der Waals surface area contributed by atoms with Gasteiger partial charge >= 0.3 is 0 Å². The molecule has 0 amide bonds. The molecule has 1 N–H and O–H groups in total. The molecule has 0 saturated heterocycles. The minimum atomic E-state index is -0.292. The van der Waals surface area contributed by atoms with Gasteiger partial charge in [-0.15, -0.1) is 0 Å². The normalized spacial score (nSPS) is 18.6. The Morgan fingerprint density at radius 3 is 2.21 bits per heavy atom. The number of hydrogen-bond acceptors (Lipinski definition) is 2. The van der Waals surface area contributed by atoms with Crippen molar-refractivity contribution in [1.82, 2.24) is 0 Å². The fourth-order valence-electron chi connectivity index (χ4n) is 3.66. The highest BCUT2D eigenvalue weighted by Gasteiger charge is 2.48. The van der Waals surface area contributed by atoms with Crippen LogP contribution in [0.4, 0.5) is 0 Å². The number of carbonyl (C=O) groups is 1. The van der Waals surface area contributed by atoms with Crippen molar-refractivity contribution >= 4 is 5.78 Å². The Morgan fingerprint density at radius 2 is 1.53 bits per heavy atom. The zero-order valence-corrected chi connectivity index (χ0v) is 10.5. The number of aromatic hydroxyl groups is 1. The van der Waals surface area contributed by atoms with E-state index in [2.05, 4.69) is 12.1 Å². The maximum atomic E-state index is 12.7. The molecule has 0 heterocycles. The zero-order valence-electron chi connectivity index (χ0n) is 10.5. The van der Waals surface area contributed by atoms with Crippen molar-refractivity contribution in [2.45, 2.75) is 19.3 Å². The Labute approximate surface area is 111 Å². The van der Waals surface area contributed by atoms with Gasteiger partial charge in [0.25, 0.3) is 0 Å². The summed E-state index contributed by atoms with van der Waals surface area (Å²) in [6, 6.07) is 13.4. The Balaban J connectivity index is 1.79. The third-order valence-electron chi connectivity index (χ3n) is 4.52. The molecule has 94 valence electrons. The van der Waals surface area contributed by atoms with Gasteiger partial charge in [-0.1, -0.05) is 24.3 Å². The third kappa shape index (κ3) is 1.40. The Bertz CT molecular complexity index is 675. The molecule has 2 aliphatic rings. The number of phenols is 1. The fraction of sp³-hybridized carbons (Fsp3) is 0.235. The molecule has 2 heteroatoms. The predicted molar refractivity (Wildman–Crippen MR) is 72.4 cm³/mol. The first-order chi connectivity index (χ1) is 9.18. The lowest BCUT2D eigenvalue weighted by molar-refractivity contribution is 0.0831. The van der Waals surface area contributed by atoms with Gasteiger partial charge in [0.15, 0.2) is 5.78 Å². The first-order valence-electron chi connectivity index (χ1n) is 6.61. The van der Waals surface area contributed by atoms with E-state index in [0.29, 0.717) is 0 Å². The van der Waals surface area contributed by atoms with Crippen LogP contribution in [0.25, 0.3) is 0 Å². The molecule has 0 unspecified atom stereocenters. The quantitative estimate of drug-likeness (QED) is 0.780. The summed E-state index contributed by atoms with van der Waals surface area (Å²) in [5.74, 6) is 0.498. The van der Waals surface area contributed by atoms with Crippen LogP contribution in [0, 0.1) is 5.41 Å². The standard InChI is InChI=1S/C17H14O2/c18-14-5-6-15-13(7-14)10-17(16(15)19)8-11-3-1-2-4-12(11)9-17/h1-7,18H,8-10H2. The summed E-state index contributed by atoms with van der Waals surface area (Å²) in [5, 5.41) is 9.58. The average molecular weight is 250 g/mol. The van der Waals surface area contributed by atoms with Gasteiger partial charge in [0.2, 0.25) is 0 Å². The summed E-state index contributed by atoms with van der Waals surface area (Å²) < 4.78 is 0. The number of phenolic OH excluding ortho intramolecular Hbond substituents is 1. The number of benzene rings is 2. The average Bonchev–Trinajstić information content (AvgIpc) is 2.88. The zero-order chi connectivity index (χ0) is 13.0. The smallest absolute Gasteiger partial charge is 0.170 e. The molecule has 0 aromatic heterocycles. The number of carbonyl (C=O) groups excluding carboxylic acids is 1. The summed E-state index contributed by atoms with van der Waals surface area (Å²) in [4.78, 5) is 12.7. The molecule has 2 aliphatic carbocycles. The largest absolute Gasteiger partial charge is 0.508 e. The maximum Gasteiger partial charge on any atom is 0.170 e. The van der Waals surface area contributed by atoms with Crippen molar-refractivity contribution in [2.24, 2.45) is 5.41 Å². The van der Waals surface area contributed by atoms with Crippen LogP contribution in [-0.2, 0) is 19.3 Å². The number of rotatable bonds is 0. The lowest BCUT2D eigenvalue weighted by Crippen LogP contribution is -2.28. The van der Waals surface area contributed by atoms with E-state index in [1.807, 2.05) is 12.1 Å². The first kappa shape index (κ1) is 10.8. The Hall–Kier alpha value is -2.09. The van der Waals surface area contributed by atoms with E-state index in [4.69, 9.17) is 0 Å². The highest BCUT2D eigenvalue weighted by atomic mass is 16.3. The van der Waals surface area contributed by atoms with E-state index >= 15 is 0 Å². The lowest BCUT2D eigenvalue weighted by atomic mass is 9.81. The van der Waals surface area contributed by atoms with Crippen LogP contribution in [0.3, 0.4) is 0 Å². The second-order valence-corrected chi connectivity index (χ2v) is 5.75. The fourth-order valence-corrected chi connectivity index (χ4v) is 3.66. The number of ketones is 1. The van der Waals surface area contributed by atoms with Crippen molar-refractivity contribution in [3.63, 3.8) is 0 Å². The summed E-state index contributed by atoms with van der Waals surface area (Å²) in [6.45, 7) is 0. The van der Waals surface area contributed by atoms with E-state index in [1.54, 1.807) is 18.2 Å². The molecule has 0 radical (unpaired) electrons. The highest BCUT2D eigenvalue weighted by Crippen LogP contribution is 2.47. The van der Waals surface area contributed by atoms with Crippen molar-refractivity contribution in [3.05, 3.63) is 64.7 Å². The minimum Gasteiger partial charge on any atom is -0.508 e. The summed E-state index contributed by atoms with van der Waals surface area (Å²) in [7, 11) is 0. The van der Waals surface area contributed by atoms with Gasteiger partial charge in [-0.25, -0.2) is 0 Å². The summed E-state index contributed by atoms with van der Waals surface area (Å²) in [5.41, 5.74) is 4.10. The van der Waals surface area contributed by atoms with Crippen LogP contribution in [0.15, 0.2) is 42.5 Å². The number of fused-ring (bicyclic) bond motifs is 2. The van der Waals surface area contributed by atoms with Crippen LogP contribution in [0.5, 0.6) is 5.75 Å². The molecule has 2 nitrogen and oxygen atoms in total. The minimum absolute atomic E-state index is 0.249. The SMILES string of the molecule is O=C1c2ccc(O)cc2CC12Cc1ccccc1C2. The molecule has 4 rings (SSSR count). The third-order valence-corrected chi connectivity index (χ3v) is 4.52. The van der Waals surface area contributed by atoms with Crippen LogP contribution in [-0.4, -0.2) is 10.9 Å². The molecule has 2 aromatic carbocycles.